The fourth-order valence-electron chi connectivity index (χ4n) is 1.56. The van der Waals surface area contributed by atoms with Crippen molar-refractivity contribution in [3.05, 3.63) is 36.4 Å². The lowest BCUT2D eigenvalue weighted by Gasteiger charge is -2.10. The van der Waals surface area contributed by atoms with E-state index in [0.29, 0.717) is 12.2 Å². The molecule has 0 unspecified atom stereocenters. The number of benzene rings is 1. The van der Waals surface area contributed by atoms with Crippen molar-refractivity contribution in [3.63, 3.8) is 0 Å². The van der Waals surface area contributed by atoms with Gasteiger partial charge in [-0.3, -0.25) is 0 Å². The molecule has 0 saturated heterocycles. The standard InChI is InChI=1S/C12H16N4O/c1-16-6-5-14-12(16)8-15-11-7-9(17-2)3-4-10(11)13/h3-7,15H,8,13H2,1-2H3. The lowest BCUT2D eigenvalue weighted by atomic mass is 10.2. The van der Waals surface area contributed by atoms with Crippen LogP contribution in [0.5, 0.6) is 5.75 Å². The van der Waals surface area contributed by atoms with E-state index in [4.69, 9.17) is 10.5 Å². The van der Waals surface area contributed by atoms with Gasteiger partial charge in [0.15, 0.2) is 0 Å². The fourth-order valence-corrected chi connectivity index (χ4v) is 1.56. The van der Waals surface area contributed by atoms with E-state index in [-0.39, 0.29) is 0 Å². The van der Waals surface area contributed by atoms with Gasteiger partial charge in [-0.25, -0.2) is 4.98 Å². The minimum absolute atomic E-state index is 0.626. The zero-order valence-corrected chi connectivity index (χ0v) is 9.97. The molecule has 0 radical (unpaired) electrons. The average Bonchev–Trinajstić information content (AvgIpc) is 2.74. The maximum absolute atomic E-state index is 5.88. The first-order chi connectivity index (χ1) is 8.20. The molecule has 1 aromatic heterocycles. The summed E-state index contributed by atoms with van der Waals surface area (Å²) in [7, 11) is 3.59. The zero-order valence-electron chi connectivity index (χ0n) is 9.97. The van der Waals surface area contributed by atoms with E-state index in [0.717, 1.165) is 17.3 Å². The number of nitrogen functional groups attached to an aromatic ring is 1. The normalized spacial score (nSPS) is 10.2. The van der Waals surface area contributed by atoms with Gasteiger partial charge in [-0.1, -0.05) is 0 Å². The monoisotopic (exact) mass is 232 g/mol. The second-order valence-corrected chi connectivity index (χ2v) is 3.76. The number of ether oxygens (including phenoxy) is 1. The Labute approximate surface area is 100 Å². The van der Waals surface area contributed by atoms with Crippen molar-refractivity contribution in [1.29, 1.82) is 0 Å². The lowest BCUT2D eigenvalue weighted by Crippen LogP contribution is -2.07. The largest absolute Gasteiger partial charge is 0.497 e. The molecule has 0 aliphatic carbocycles. The first kappa shape index (κ1) is 11.3. The molecule has 1 aromatic carbocycles. The molecule has 2 rings (SSSR count). The topological polar surface area (TPSA) is 65.1 Å². The second-order valence-electron chi connectivity index (χ2n) is 3.76. The highest BCUT2D eigenvalue weighted by Crippen LogP contribution is 2.24. The van der Waals surface area contributed by atoms with Crippen LogP contribution >= 0.6 is 0 Å². The van der Waals surface area contributed by atoms with Gasteiger partial charge >= 0.3 is 0 Å². The average molecular weight is 232 g/mol. The Kier molecular flexibility index (Phi) is 3.18. The van der Waals surface area contributed by atoms with E-state index < -0.39 is 0 Å². The Balaban J connectivity index is 2.11. The van der Waals surface area contributed by atoms with Gasteiger partial charge in [0, 0.05) is 25.5 Å². The summed E-state index contributed by atoms with van der Waals surface area (Å²) in [4.78, 5) is 4.23. The molecule has 0 saturated carbocycles. The van der Waals surface area contributed by atoms with Crippen molar-refractivity contribution in [2.45, 2.75) is 6.54 Å². The van der Waals surface area contributed by atoms with E-state index in [2.05, 4.69) is 10.3 Å². The van der Waals surface area contributed by atoms with Crippen LogP contribution in [-0.2, 0) is 13.6 Å². The third kappa shape index (κ3) is 2.50. The Morgan fingerprint density at radius 2 is 2.29 bits per heavy atom. The Bertz CT molecular complexity index is 507. The number of rotatable bonds is 4. The Hall–Kier alpha value is -2.17. The molecule has 0 amide bonds. The van der Waals surface area contributed by atoms with Crippen molar-refractivity contribution in [1.82, 2.24) is 9.55 Å². The van der Waals surface area contributed by atoms with E-state index in [1.54, 1.807) is 13.3 Å². The molecule has 0 aliphatic heterocycles. The second kappa shape index (κ2) is 4.78. The number of hydrogen-bond donors (Lipinski definition) is 2. The number of aryl methyl sites for hydroxylation is 1. The Morgan fingerprint density at radius 3 is 2.94 bits per heavy atom. The van der Waals surface area contributed by atoms with Gasteiger partial charge in [-0.15, -0.1) is 0 Å². The minimum atomic E-state index is 0.626. The summed E-state index contributed by atoms with van der Waals surface area (Å²) >= 11 is 0. The predicted molar refractivity (Wildman–Crippen MR) is 67.9 cm³/mol. The summed E-state index contributed by atoms with van der Waals surface area (Å²) in [6, 6.07) is 5.53. The highest BCUT2D eigenvalue weighted by molar-refractivity contribution is 5.68. The molecular weight excluding hydrogens is 216 g/mol. The number of nitrogens with two attached hydrogens (primary N) is 1. The van der Waals surface area contributed by atoms with Crippen LogP contribution in [0.25, 0.3) is 0 Å². The summed E-state index contributed by atoms with van der Waals surface area (Å²) in [6.07, 6.45) is 3.68. The SMILES string of the molecule is COc1ccc(N)c(NCc2nccn2C)c1. The van der Waals surface area contributed by atoms with Crippen molar-refractivity contribution in [2.24, 2.45) is 7.05 Å². The van der Waals surface area contributed by atoms with Gasteiger partial charge in [0.1, 0.15) is 11.6 Å². The predicted octanol–water partition coefficient (Wildman–Crippen LogP) is 1.62. The van der Waals surface area contributed by atoms with Crippen molar-refractivity contribution in [2.75, 3.05) is 18.2 Å². The maximum atomic E-state index is 5.88. The molecule has 0 spiro atoms. The molecule has 5 heteroatoms. The van der Waals surface area contributed by atoms with Gasteiger partial charge in [0.05, 0.1) is 25.0 Å². The molecule has 0 atom stereocenters. The number of imidazole rings is 1. The number of anilines is 2. The molecule has 5 nitrogen and oxygen atoms in total. The van der Waals surface area contributed by atoms with Crippen LogP contribution in [0, 0.1) is 0 Å². The van der Waals surface area contributed by atoms with Crippen LogP contribution in [0.4, 0.5) is 11.4 Å². The summed E-state index contributed by atoms with van der Waals surface area (Å²) < 4.78 is 7.12. The third-order valence-electron chi connectivity index (χ3n) is 2.62. The van der Waals surface area contributed by atoms with Crippen LogP contribution in [0.1, 0.15) is 5.82 Å². The molecule has 0 aliphatic rings. The molecule has 90 valence electrons. The molecule has 1 heterocycles. The van der Waals surface area contributed by atoms with Gasteiger partial charge in [-0.2, -0.15) is 0 Å². The fraction of sp³-hybridized carbons (Fsp3) is 0.250. The van der Waals surface area contributed by atoms with Crippen molar-refractivity contribution >= 4 is 11.4 Å². The van der Waals surface area contributed by atoms with E-state index >= 15 is 0 Å². The maximum Gasteiger partial charge on any atom is 0.127 e. The van der Waals surface area contributed by atoms with E-state index in [1.165, 1.54) is 0 Å². The number of hydrogen-bond acceptors (Lipinski definition) is 4. The van der Waals surface area contributed by atoms with Crippen LogP contribution in [0.3, 0.4) is 0 Å². The lowest BCUT2D eigenvalue weighted by molar-refractivity contribution is 0.415. The molecule has 17 heavy (non-hydrogen) atoms. The third-order valence-corrected chi connectivity index (χ3v) is 2.62. The summed E-state index contributed by atoms with van der Waals surface area (Å²) in [5.74, 6) is 1.73. The van der Waals surface area contributed by atoms with E-state index in [1.807, 2.05) is 36.0 Å². The zero-order chi connectivity index (χ0) is 12.3. The summed E-state index contributed by atoms with van der Waals surface area (Å²) in [5, 5.41) is 3.24. The molecular formula is C12H16N4O. The minimum Gasteiger partial charge on any atom is -0.497 e. The highest BCUT2D eigenvalue weighted by atomic mass is 16.5. The van der Waals surface area contributed by atoms with Gasteiger partial charge in [0.2, 0.25) is 0 Å². The van der Waals surface area contributed by atoms with E-state index in [9.17, 15) is 0 Å². The molecule has 0 bridgehead atoms. The van der Waals surface area contributed by atoms with Crippen LogP contribution in [0.2, 0.25) is 0 Å². The van der Waals surface area contributed by atoms with Crippen LogP contribution in [0.15, 0.2) is 30.6 Å². The molecule has 2 aromatic rings. The molecule has 0 fully saturated rings. The quantitative estimate of drug-likeness (QED) is 0.786. The number of nitrogens with one attached hydrogen (secondary N) is 1. The smallest absolute Gasteiger partial charge is 0.127 e. The molecule has 3 N–H and O–H groups in total. The van der Waals surface area contributed by atoms with Crippen molar-refractivity contribution in [3.8, 4) is 5.75 Å². The van der Waals surface area contributed by atoms with Crippen LogP contribution in [-0.4, -0.2) is 16.7 Å². The first-order valence-electron chi connectivity index (χ1n) is 5.34. The summed E-state index contributed by atoms with van der Waals surface area (Å²) in [5.41, 5.74) is 7.42. The Morgan fingerprint density at radius 1 is 1.47 bits per heavy atom. The highest BCUT2D eigenvalue weighted by Gasteiger charge is 2.03. The number of methoxy groups -OCH3 is 1. The number of nitrogens with zero attached hydrogens (tertiary/aromatic N) is 2. The van der Waals surface area contributed by atoms with Crippen LogP contribution < -0.4 is 15.8 Å². The van der Waals surface area contributed by atoms with Gasteiger partial charge in [0.25, 0.3) is 0 Å². The summed E-state index contributed by atoms with van der Waals surface area (Å²) in [6.45, 7) is 0.626. The first-order valence-corrected chi connectivity index (χ1v) is 5.34. The van der Waals surface area contributed by atoms with Gasteiger partial charge in [-0.05, 0) is 12.1 Å². The van der Waals surface area contributed by atoms with Crippen molar-refractivity contribution < 1.29 is 4.74 Å². The number of aromatic nitrogens is 2. The van der Waals surface area contributed by atoms with Gasteiger partial charge < -0.3 is 20.4 Å².